The third kappa shape index (κ3) is 8.30. The van der Waals surface area contributed by atoms with Crippen LogP contribution < -0.4 is 20.7 Å². The van der Waals surface area contributed by atoms with Crippen molar-refractivity contribution in [2.75, 3.05) is 0 Å². The molecular weight excluding hydrogens is 480 g/mol. The van der Waals surface area contributed by atoms with E-state index in [9.17, 15) is 22.8 Å². The number of carbonyl (C=O) groups excluding carboxylic acids is 3. The van der Waals surface area contributed by atoms with Crippen molar-refractivity contribution in [2.45, 2.75) is 82.8 Å². The van der Waals surface area contributed by atoms with Gasteiger partial charge in [0.25, 0.3) is 0 Å². The van der Waals surface area contributed by atoms with Crippen LogP contribution in [0.1, 0.15) is 58.9 Å². The smallest absolute Gasteiger partial charge is 0.238 e. The fraction of sp³-hybridized carbons (Fsp3) is 0.500. The zero-order valence-corrected chi connectivity index (χ0v) is 22.1. The molecule has 1 fully saturated rings. The van der Waals surface area contributed by atoms with Gasteiger partial charge in [0.15, 0.2) is 0 Å². The molecule has 2 atom stereocenters. The predicted molar refractivity (Wildman–Crippen MR) is 139 cm³/mol. The SMILES string of the molecule is C[C@@H](CC(=O)NCc1cccc2ccccc12)NC(=O)[C@H](CC(=O)NC(C)(C)C)NS(=O)(=O)C1CC1. The normalized spacial score (nSPS) is 15.7. The highest BCUT2D eigenvalue weighted by molar-refractivity contribution is 7.90. The van der Waals surface area contributed by atoms with Gasteiger partial charge in [-0.15, -0.1) is 0 Å². The summed E-state index contributed by atoms with van der Waals surface area (Å²) >= 11 is 0. The van der Waals surface area contributed by atoms with Gasteiger partial charge in [0, 0.05) is 24.5 Å². The second-order valence-electron chi connectivity index (χ2n) is 10.4. The summed E-state index contributed by atoms with van der Waals surface area (Å²) in [5, 5.41) is 9.92. The van der Waals surface area contributed by atoms with Gasteiger partial charge >= 0.3 is 0 Å². The van der Waals surface area contributed by atoms with E-state index < -0.39 is 44.7 Å². The Morgan fingerprint density at radius 2 is 1.64 bits per heavy atom. The molecule has 2 aromatic carbocycles. The van der Waals surface area contributed by atoms with Gasteiger partial charge < -0.3 is 16.0 Å². The number of carbonyl (C=O) groups is 3. The monoisotopic (exact) mass is 516 g/mol. The van der Waals surface area contributed by atoms with Crippen LogP contribution in [-0.4, -0.2) is 49.0 Å². The van der Waals surface area contributed by atoms with E-state index in [2.05, 4.69) is 20.7 Å². The van der Waals surface area contributed by atoms with Crippen LogP contribution in [0.15, 0.2) is 42.5 Å². The highest BCUT2D eigenvalue weighted by atomic mass is 32.2. The standard InChI is InChI=1S/C26H36N4O5S/c1-17(14-23(31)27-16-19-10-7-9-18-8-5-6-11-21(18)19)28-25(33)22(15-24(32)29-26(2,3)4)30-36(34,35)20-12-13-20/h5-11,17,20,22,30H,12-16H2,1-4H3,(H,27,31)(H,28,33)(H,29,32)/t17-,22-/m0/s1. The van der Waals surface area contributed by atoms with Crippen molar-refractivity contribution in [3.63, 3.8) is 0 Å². The average molecular weight is 517 g/mol. The maximum atomic E-state index is 12.9. The first-order chi connectivity index (χ1) is 16.8. The number of hydrogen-bond acceptors (Lipinski definition) is 5. The van der Waals surface area contributed by atoms with Gasteiger partial charge in [-0.1, -0.05) is 42.5 Å². The highest BCUT2D eigenvalue weighted by Crippen LogP contribution is 2.27. The van der Waals surface area contributed by atoms with E-state index in [0.29, 0.717) is 19.4 Å². The molecule has 10 heteroatoms. The molecule has 0 aliphatic heterocycles. The Bertz CT molecular complexity index is 1210. The molecule has 2 aromatic rings. The summed E-state index contributed by atoms with van der Waals surface area (Å²) in [6.07, 6.45) is 0.734. The number of rotatable bonds is 11. The van der Waals surface area contributed by atoms with E-state index in [1.54, 1.807) is 27.7 Å². The van der Waals surface area contributed by atoms with Crippen LogP contribution in [0.25, 0.3) is 10.8 Å². The van der Waals surface area contributed by atoms with Gasteiger partial charge in [0.2, 0.25) is 27.7 Å². The summed E-state index contributed by atoms with van der Waals surface area (Å²) in [7, 11) is -3.71. The maximum absolute atomic E-state index is 12.9. The molecule has 0 heterocycles. The van der Waals surface area contributed by atoms with Crippen LogP contribution in [-0.2, 0) is 31.0 Å². The van der Waals surface area contributed by atoms with E-state index in [4.69, 9.17) is 0 Å². The first-order valence-electron chi connectivity index (χ1n) is 12.2. The molecule has 196 valence electrons. The number of sulfonamides is 1. The molecule has 3 amide bonds. The Kier molecular flexibility index (Phi) is 8.73. The summed E-state index contributed by atoms with van der Waals surface area (Å²) in [6.45, 7) is 7.41. The van der Waals surface area contributed by atoms with Crippen LogP contribution >= 0.6 is 0 Å². The number of fused-ring (bicyclic) bond motifs is 1. The topological polar surface area (TPSA) is 133 Å². The zero-order valence-electron chi connectivity index (χ0n) is 21.3. The van der Waals surface area contributed by atoms with Gasteiger partial charge in [0.1, 0.15) is 6.04 Å². The first-order valence-corrected chi connectivity index (χ1v) is 13.7. The molecule has 1 aliphatic rings. The number of nitrogens with one attached hydrogen (secondary N) is 4. The van der Waals surface area contributed by atoms with E-state index >= 15 is 0 Å². The van der Waals surface area contributed by atoms with Crippen LogP contribution in [0.2, 0.25) is 0 Å². The van der Waals surface area contributed by atoms with Crippen molar-refractivity contribution in [1.82, 2.24) is 20.7 Å². The predicted octanol–water partition coefficient (Wildman–Crippen LogP) is 2.11. The molecule has 4 N–H and O–H groups in total. The lowest BCUT2D eigenvalue weighted by atomic mass is 10.0. The number of benzene rings is 2. The summed E-state index contributed by atoms with van der Waals surface area (Å²) in [5.74, 6) is -1.34. The van der Waals surface area contributed by atoms with Crippen LogP contribution in [0.4, 0.5) is 0 Å². The van der Waals surface area contributed by atoms with E-state index in [1.165, 1.54) is 0 Å². The van der Waals surface area contributed by atoms with Crippen LogP contribution in [0, 0.1) is 0 Å². The fourth-order valence-electron chi connectivity index (χ4n) is 3.90. The van der Waals surface area contributed by atoms with Gasteiger partial charge in [-0.2, -0.15) is 0 Å². The third-order valence-electron chi connectivity index (χ3n) is 5.73. The minimum Gasteiger partial charge on any atom is -0.352 e. The summed E-state index contributed by atoms with van der Waals surface area (Å²) in [6, 6.07) is 12.0. The zero-order chi connectivity index (χ0) is 26.5. The Hall–Kier alpha value is -2.98. The Morgan fingerprint density at radius 3 is 2.31 bits per heavy atom. The number of amides is 3. The lowest BCUT2D eigenvalue weighted by Crippen LogP contribution is -2.53. The van der Waals surface area contributed by atoms with Gasteiger partial charge in [0.05, 0.1) is 11.7 Å². The molecule has 0 saturated heterocycles. The summed E-state index contributed by atoms with van der Waals surface area (Å²) < 4.78 is 27.3. The van der Waals surface area contributed by atoms with E-state index in [1.807, 2.05) is 42.5 Å². The maximum Gasteiger partial charge on any atom is 0.238 e. The molecule has 36 heavy (non-hydrogen) atoms. The molecule has 0 unspecified atom stereocenters. The summed E-state index contributed by atoms with van der Waals surface area (Å²) in [4.78, 5) is 37.9. The lowest BCUT2D eigenvalue weighted by molar-refractivity contribution is -0.129. The molecule has 0 aromatic heterocycles. The van der Waals surface area contributed by atoms with Gasteiger partial charge in [-0.05, 0) is 56.9 Å². The van der Waals surface area contributed by atoms with Crippen molar-refractivity contribution < 1.29 is 22.8 Å². The minimum absolute atomic E-state index is 0.00673. The first kappa shape index (κ1) is 27.6. The van der Waals surface area contributed by atoms with E-state index in [-0.39, 0.29) is 18.7 Å². The fourth-order valence-corrected chi connectivity index (χ4v) is 5.44. The van der Waals surface area contributed by atoms with E-state index in [0.717, 1.165) is 16.3 Å². The van der Waals surface area contributed by atoms with Crippen molar-refractivity contribution in [3.05, 3.63) is 48.0 Å². The van der Waals surface area contributed by atoms with Gasteiger partial charge in [-0.25, -0.2) is 13.1 Å². The van der Waals surface area contributed by atoms with Crippen molar-refractivity contribution in [3.8, 4) is 0 Å². The Morgan fingerprint density at radius 1 is 0.972 bits per heavy atom. The molecule has 0 spiro atoms. The van der Waals surface area contributed by atoms with Crippen molar-refractivity contribution in [1.29, 1.82) is 0 Å². The molecule has 1 saturated carbocycles. The quantitative estimate of drug-likeness (QED) is 0.363. The Balaban J connectivity index is 1.57. The molecule has 9 nitrogen and oxygen atoms in total. The van der Waals surface area contributed by atoms with Crippen LogP contribution in [0.3, 0.4) is 0 Å². The highest BCUT2D eigenvalue weighted by Gasteiger charge is 2.39. The largest absolute Gasteiger partial charge is 0.352 e. The number of hydrogen-bond donors (Lipinski definition) is 4. The molecule has 0 radical (unpaired) electrons. The lowest BCUT2D eigenvalue weighted by Gasteiger charge is -2.24. The minimum atomic E-state index is -3.71. The third-order valence-corrected chi connectivity index (χ3v) is 7.69. The second-order valence-corrected chi connectivity index (χ2v) is 12.4. The molecule has 1 aliphatic carbocycles. The molecule has 3 rings (SSSR count). The van der Waals surface area contributed by atoms with Crippen LogP contribution in [0.5, 0.6) is 0 Å². The summed E-state index contributed by atoms with van der Waals surface area (Å²) in [5.41, 5.74) is 0.459. The van der Waals surface area contributed by atoms with Gasteiger partial charge in [-0.3, -0.25) is 14.4 Å². The molecule has 0 bridgehead atoms. The van der Waals surface area contributed by atoms with Crippen molar-refractivity contribution >= 4 is 38.5 Å². The Labute approximate surface area is 212 Å². The average Bonchev–Trinajstić information content (AvgIpc) is 3.62. The van der Waals surface area contributed by atoms with Crippen molar-refractivity contribution in [2.24, 2.45) is 0 Å². The molecular formula is C26H36N4O5S. The second kappa shape index (κ2) is 11.4.